The summed E-state index contributed by atoms with van der Waals surface area (Å²) in [6.07, 6.45) is 1.90. The van der Waals surface area contributed by atoms with Gasteiger partial charge < -0.3 is 4.74 Å². The molecule has 1 aromatic rings. The molecule has 0 saturated carbocycles. The Morgan fingerprint density at radius 3 is 2.79 bits per heavy atom. The minimum absolute atomic E-state index is 0.420. The van der Waals surface area contributed by atoms with Crippen molar-refractivity contribution in [2.45, 2.75) is 19.0 Å². The van der Waals surface area contributed by atoms with Crippen LogP contribution in [0.4, 0.5) is 0 Å². The summed E-state index contributed by atoms with van der Waals surface area (Å²) in [5, 5.41) is 1.05. The first-order valence-corrected chi connectivity index (χ1v) is 5.93. The van der Waals surface area contributed by atoms with E-state index in [2.05, 4.69) is 23.8 Å². The second kappa shape index (κ2) is 5.41. The Morgan fingerprint density at radius 2 is 2.21 bits per heavy atom. The Balaban J connectivity index is 2.71. The van der Waals surface area contributed by atoms with Gasteiger partial charge >= 0.3 is 0 Å². The molecule has 0 atom stereocenters. The third kappa shape index (κ3) is 3.72. The molecular formula is C9H13ClN2OS. The van der Waals surface area contributed by atoms with Gasteiger partial charge in [-0.25, -0.2) is 4.98 Å². The molecule has 0 fully saturated rings. The van der Waals surface area contributed by atoms with E-state index in [0.717, 1.165) is 0 Å². The van der Waals surface area contributed by atoms with E-state index in [4.69, 9.17) is 16.3 Å². The van der Waals surface area contributed by atoms with Gasteiger partial charge in [0.05, 0.1) is 6.61 Å². The lowest BCUT2D eigenvalue weighted by Gasteiger charge is -2.08. The van der Waals surface area contributed by atoms with Crippen LogP contribution in [0.3, 0.4) is 0 Å². The van der Waals surface area contributed by atoms with Crippen LogP contribution < -0.4 is 4.74 Å². The number of nitrogens with zero attached hydrogens (tertiary/aromatic N) is 2. The highest BCUT2D eigenvalue weighted by Gasteiger charge is 2.04. The first kappa shape index (κ1) is 11.6. The molecule has 0 saturated heterocycles. The third-order valence-corrected chi connectivity index (χ3v) is 2.14. The molecule has 5 heteroatoms. The second-order valence-electron chi connectivity index (χ2n) is 3.22. The van der Waals surface area contributed by atoms with E-state index in [1.807, 2.05) is 6.26 Å². The van der Waals surface area contributed by atoms with Crippen LogP contribution in [0.25, 0.3) is 0 Å². The summed E-state index contributed by atoms with van der Waals surface area (Å²) in [5.74, 6) is 1.02. The largest absolute Gasteiger partial charge is 0.477 e. The Morgan fingerprint density at radius 1 is 1.50 bits per heavy atom. The highest BCUT2D eigenvalue weighted by atomic mass is 35.5. The molecule has 3 nitrogen and oxygen atoms in total. The predicted octanol–water partition coefficient (Wildman–Crippen LogP) is 2.89. The molecule has 1 heterocycles. The topological polar surface area (TPSA) is 35.0 Å². The van der Waals surface area contributed by atoms with Gasteiger partial charge in [0.15, 0.2) is 5.16 Å². The van der Waals surface area contributed by atoms with Crippen LogP contribution in [0.1, 0.15) is 13.8 Å². The van der Waals surface area contributed by atoms with Crippen molar-refractivity contribution in [3.8, 4) is 5.88 Å². The number of ether oxygens (including phenoxy) is 1. The average molecular weight is 233 g/mol. The van der Waals surface area contributed by atoms with Crippen molar-refractivity contribution in [3.63, 3.8) is 0 Å². The molecule has 0 amide bonds. The SMILES string of the molecule is CSc1nc(Cl)cc(OCC(C)C)n1. The quantitative estimate of drug-likeness (QED) is 0.454. The number of aromatic nitrogens is 2. The maximum absolute atomic E-state index is 5.80. The number of hydrogen-bond donors (Lipinski definition) is 0. The monoisotopic (exact) mass is 232 g/mol. The standard InChI is InChI=1S/C9H13ClN2OS/c1-6(2)5-13-8-4-7(10)11-9(12-8)14-3/h4,6H,5H2,1-3H3. The summed E-state index contributed by atoms with van der Waals surface area (Å²) in [6.45, 7) is 4.80. The van der Waals surface area contributed by atoms with Crippen molar-refractivity contribution in [3.05, 3.63) is 11.2 Å². The Kier molecular flexibility index (Phi) is 4.48. The van der Waals surface area contributed by atoms with Gasteiger partial charge in [-0.15, -0.1) is 0 Å². The van der Waals surface area contributed by atoms with Crippen LogP contribution in [0.2, 0.25) is 5.15 Å². The number of thioether (sulfide) groups is 1. The van der Waals surface area contributed by atoms with Crippen molar-refractivity contribution in [2.24, 2.45) is 5.92 Å². The predicted molar refractivity (Wildman–Crippen MR) is 59.2 cm³/mol. The van der Waals surface area contributed by atoms with E-state index < -0.39 is 0 Å². The smallest absolute Gasteiger partial charge is 0.218 e. The van der Waals surface area contributed by atoms with E-state index in [1.54, 1.807) is 6.07 Å². The summed E-state index contributed by atoms with van der Waals surface area (Å²) in [4.78, 5) is 8.19. The Labute approximate surface area is 93.2 Å². The fourth-order valence-corrected chi connectivity index (χ4v) is 1.39. The average Bonchev–Trinajstić information content (AvgIpc) is 2.14. The third-order valence-electron chi connectivity index (χ3n) is 1.40. The highest BCUT2D eigenvalue weighted by molar-refractivity contribution is 7.98. The molecule has 0 aromatic carbocycles. The first-order chi connectivity index (χ1) is 6.61. The van der Waals surface area contributed by atoms with Gasteiger partial charge in [0.2, 0.25) is 5.88 Å². The lowest BCUT2D eigenvalue weighted by Crippen LogP contribution is -2.06. The molecule has 78 valence electrons. The summed E-state index contributed by atoms with van der Waals surface area (Å²) < 4.78 is 5.44. The molecule has 0 aliphatic rings. The fourth-order valence-electron chi connectivity index (χ4n) is 0.794. The van der Waals surface area contributed by atoms with Gasteiger partial charge in [-0.1, -0.05) is 37.2 Å². The minimum atomic E-state index is 0.420. The van der Waals surface area contributed by atoms with Crippen LogP contribution >= 0.6 is 23.4 Å². The molecule has 0 bridgehead atoms. The molecule has 0 aliphatic carbocycles. The molecule has 0 spiro atoms. The molecule has 1 rings (SSSR count). The van der Waals surface area contributed by atoms with Crippen molar-refractivity contribution in [1.29, 1.82) is 0 Å². The minimum Gasteiger partial charge on any atom is -0.477 e. The summed E-state index contributed by atoms with van der Waals surface area (Å²) in [6, 6.07) is 1.63. The van der Waals surface area contributed by atoms with Gasteiger partial charge in [-0.3, -0.25) is 0 Å². The van der Waals surface area contributed by atoms with Crippen molar-refractivity contribution in [1.82, 2.24) is 9.97 Å². The zero-order valence-corrected chi connectivity index (χ0v) is 10.0. The van der Waals surface area contributed by atoms with E-state index in [-0.39, 0.29) is 0 Å². The molecular weight excluding hydrogens is 220 g/mol. The van der Waals surface area contributed by atoms with Gasteiger partial charge in [-0.2, -0.15) is 4.98 Å². The maximum Gasteiger partial charge on any atom is 0.218 e. The zero-order valence-electron chi connectivity index (χ0n) is 8.45. The zero-order chi connectivity index (χ0) is 10.6. The van der Waals surface area contributed by atoms with Crippen LogP contribution in [-0.2, 0) is 0 Å². The molecule has 0 N–H and O–H groups in total. The van der Waals surface area contributed by atoms with E-state index >= 15 is 0 Å². The lowest BCUT2D eigenvalue weighted by atomic mass is 10.2. The summed E-state index contributed by atoms with van der Waals surface area (Å²) >= 11 is 7.24. The van der Waals surface area contributed by atoms with Crippen LogP contribution in [-0.4, -0.2) is 22.8 Å². The van der Waals surface area contributed by atoms with E-state index in [9.17, 15) is 0 Å². The van der Waals surface area contributed by atoms with Crippen LogP contribution in [0, 0.1) is 5.92 Å². The van der Waals surface area contributed by atoms with Crippen LogP contribution in [0.15, 0.2) is 11.2 Å². The Bertz CT molecular complexity index is 307. The molecule has 0 radical (unpaired) electrons. The Hall–Kier alpha value is -0.480. The maximum atomic E-state index is 5.80. The van der Waals surface area contributed by atoms with Crippen molar-refractivity contribution >= 4 is 23.4 Å². The van der Waals surface area contributed by atoms with Gasteiger partial charge in [0, 0.05) is 6.07 Å². The summed E-state index contributed by atoms with van der Waals surface area (Å²) in [7, 11) is 0. The molecule has 14 heavy (non-hydrogen) atoms. The second-order valence-corrected chi connectivity index (χ2v) is 4.38. The molecule has 1 aromatic heterocycles. The van der Waals surface area contributed by atoms with Gasteiger partial charge in [0.1, 0.15) is 5.15 Å². The van der Waals surface area contributed by atoms with Gasteiger partial charge in [0.25, 0.3) is 0 Å². The van der Waals surface area contributed by atoms with Gasteiger partial charge in [-0.05, 0) is 12.2 Å². The number of rotatable bonds is 4. The van der Waals surface area contributed by atoms with Crippen LogP contribution in [0.5, 0.6) is 5.88 Å². The van der Waals surface area contributed by atoms with E-state index in [0.29, 0.717) is 28.7 Å². The molecule has 0 unspecified atom stereocenters. The number of halogens is 1. The normalized spacial score (nSPS) is 10.6. The fraction of sp³-hybridized carbons (Fsp3) is 0.556. The first-order valence-electron chi connectivity index (χ1n) is 4.33. The highest BCUT2D eigenvalue weighted by Crippen LogP contribution is 2.19. The molecule has 0 aliphatic heterocycles. The summed E-state index contributed by atoms with van der Waals surface area (Å²) in [5.41, 5.74) is 0. The van der Waals surface area contributed by atoms with Crippen molar-refractivity contribution in [2.75, 3.05) is 12.9 Å². The number of hydrogen-bond acceptors (Lipinski definition) is 4. The van der Waals surface area contributed by atoms with E-state index in [1.165, 1.54) is 11.8 Å². The lowest BCUT2D eigenvalue weighted by molar-refractivity contribution is 0.259. The van der Waals surface area contributed by atoms with Crippen molar-refractivity contribution < 1.29 is 4.74 Å².